The molecule has 41 heavy (non-hydrogen) atoms. The summed E-state index contributed by atoms with van der Waals surface area (Å²) in [4.78, 5) is 20.5. The van der Waals surface area contributed by atoms with Gasteiger partial charge in [0.2, 0.25) is 0 Å². The Morgan fingerprint density at radius 2 is 0.488 bits per heavy atom. The largest absolute Gasteiger partial charge is 0.481 e. The Kier molecular flexibility index (Phi) is 64.4. The molecule has 0 fully saturated rings. The first-order valence-corrected chi connectivity index (χ1v) is 17.8. The molecule has 0 aliphatic carbocycles. The van der Waals surface area contributed by atoms with Gasteiger partial charge in [-0.25, -0.2) is 0 Å². The minimum absolute atomic E-state index is 0. The van der Waals surface area contributed by atoms with Crippen LogP contribution in [0, 0.1) is 0 Å². The molecule has 0 bridgehead atoms. The van der Waals surface area contributed by atoms with Crippen LogP contribution >= 0.6 is 0 Å². The summed E-state index contributed by atoms with van der Waals surface area (Å²) in [6, 6.07) is 0. The molecule has 0 aromatic carbocycles. The van der Waals surface area contributed by atoms with Crippen molar-refractivity contribution >= 4 is 35.8 Å². The molecule has 4 radical (unpaired) electrons. The van der Waals surface area contributed by atoms with E-state index in [-0.39, 0.29) is 23.9 Å². The van der Waals surface area contributed by atoms with Crippen molar-refractivity contribution in [3.8, 4) is 0 Å². The summed E-state index contributed by atoms with van der Waals surface area (Å²) in [7, 11) is 0. The van der Waals surface area contributed by atoms with E-state index in [1.807, 2.05) is 0 Å². The van der Waals surface area contributed by atoms with Crippen LogP contribution in [-0.2, 0) is 9.59 Å². The topological polar surface area (TPSA) is 74.6 Å². The van der Waals surface area contributed by atoms with E-state index in [9.17, 15) is 9.59 Å². The minimum atomic E-state index is -0.657. The van der Waals surface area contributed by atoms with Gasteiger partial charge in [-0.2, -0.15) is 0 Å². The molecule has 0 amide bonds. The summed E-state index contributed by atoms with van der Waals surface area (Å²) in [6.07, 6.45) is 34.0. The van der Waals surface area contributed by atoms with E-state index in [1.165, 1.54) is 141 Å². The summed E-state index contributed by atoms with van der Waals surface area (Å²) in [5, 5.41) is 16.9. The first-order chi connectivity index (χ1) is 19.4. The quantitative estimate of drug-likeness (QED) is 0.0699. The maximum Gasteiger partial charge on any atom is 0.303 e. The van der Waals surface area contributed by atoms with Crippen LogP contribution in [0.4, 0.5) is 0 Å². The van der Waals surface area contributed by atoms with Gasteiger partial charge in [0.1, 0.15) is 0 Å². The van der Waals surface area contributed by atoms with Gasteiger partial charge in [0, 0.05) is 36.7 Å². The van der Waals surface area contributed by atoms with Crippen molar-refractivity contribution in [2.75, 3.05) is 0 Å². The standard InChI is InChI=1S/2C14H28O2.2C4H10.Sn/c2*1-2-3-4-5-6-7-8-9-10-11-12-13-14(15)16;2*1-3-4-2;/h2*2-13H2,1H3,(H,15,16);2*3-4H2,1-2H3;. The molecule has 248 valence electrons. The van der Waals surface area contributed by atoms with Crippen LogP contribution in [0.2, 0.25) is 0 Å². The van der Waals surface area contributed by atoms with E-state index in [0.29, 0.717) is 12.8 Å². The van der Waals surface area contributed by atoms with Crippen molar-refractivity contribution in [2.45, 2.75) is 221 Å². The molecule has 0 unspecified atom stereocenters. The number of hydrogen-bond acceptors (Lipinski definition) is 2. The Morgan fingerprint density at radius 3 is 0.634 bits per heavy atom. The molecule has 4 nitrogen and oxygen atoms in total. The molecule has 0 saturated heterocycles. The van der Waals surface area contributed by atoms with Crippen molar-refractivity contribution in [3.05, 3.63) is 0 Å². The summed E-state index contributed by atoms with van der Waals surface area (Å²) in [5.74, 6) is -1.31. The zero-order valence-corrected chi connectivity index (χ0v) is 31.9. The van der Waals surface area contributed by atoms with Crippen molar-refractivity contribution in [3.63, 3.8) is 0 Å². The average molecular weight is 692 g/mol. The van der Waals surface area contributed by atoms with Crippen LogP contribution in [0.3, 0.4) is 0 Å². The van der Waals surface area contributed by atoms with E-state index >= 15 is 0 Å². The number of carboxylic acid groups (broad SMARTS) is 2. The Labute approximate surface area is 276 Å². The molecular weight excluding hydrogens is 615 g/mol. The van der Waals surface area contributed by atoms with Crippen molar-refractivity contribution in [1.82, 2.24) is 0 Å². The second-order valence-corrected chi connectivity index (χ2v) is 11.4. The van der Waals surface area contributed by atoms with Crippen molar-refractivity contribution < 1.29 is 19.8 Å². The maximum atomic E-state index is 10.3. The Bertz CT molecular complexity index is 399. The molecule has 2 N–H and O–H groups in total. The third-order valence-corrected chi connectivity index (χ3v) is 6.99. The van der Waals surface area contributed by atoms with Gasteiger partial charge in [-0.05, 0) is 12.8 Å². The maximum absolute atomic E-state index is 10.3. The molecule has 0 rings (SSSR count). The van der Waals surface area contributed by atoms with Gasteiger partial charge in [0.25, 0.3) is 0 Å². The molecule has 0 saturated carbocycles. The Balaban J connectivity index is -0.000000163. The molecule has 0 spiro atoms. The van der Waals surface area contributed by atoms with Crippen molar-refractivity contribution in [1.29, 1.82) is 0 Å². The van der Waals surface area contributed by atoms with Crippen LogP contribution in [0.25, 0.3) is 0 Å². The predicted molar refractivity (Wildman–Crippen MR) is 184 cm³/mol. The van der Waals surface area contributed by atoms with Gasteiger partial charge in [-0.3, -0.25) is 9.59 Å². The van der Waals surface area contributed by atoms with Crippen LogP contribution in [0.5, 0.6) is 0 Å². The van der Waals surface area contributed by atoms with Crippen LogP contribution in [0.1, 0.15) is 221 Å². The van der Waals surface area contributed by atoms with E-state index in [4.69, 9.17) is 10.2 Å². The van der Waals surface area contributed by atoms with Gasteiger partial charge >= 0.3 is 11.9 Å². The van der Waals surface area contributed by atoms with Gasteiger partial charge in [0.05, 0.1) is 0 Å². The molecule has 0 aliphatic heterocycles. The number of hydrogen-bond donors (Lipinski definition) is 2. The summed E-state index contributed by atoms with van der Waals surface area (Å²) < 4.78 is 0. The Hall–Kier alpha value is -0.261. The number of aliphatic carboxylic acids is 2. The molecule has 0 aliphatic rings. The van der Waals surface area contributed by atoms with E-state index in [1.54, 1.807) is 0 Å². The number of rotatable bonds is 26. The van der Waals surface area contributed by atoms with Crippen LogP contribution < -0.4 is 0 Å². The summed E-state index contributed by atoms with van der Waals surface area (Å²) in [6.45, 7) is 13.2. The first kappa shape index (κ1) is 50.4. The minimum Gasteiger partial charge on any atom is -0.481 e. The van der Waals surface area contributed by atoms with Crippen LogP contribution in [-0.4, -0.2) is 46.1 Å². The fraction of sp³-hybridized carbons (Fsp3) is 0.944. The fourth-order valence-corrected chi connectivity index (χ4v) is 3.88. The van der Waals surface area contributed by atoms with Crippen molar-refractivity contribution in [2.24, 2.45) is 0 Å². The summed E-state index contributed by atoms with van der Waals surface area (Å²) in [5.41, 5.74) is 0. The van der Waals surface area contributed by atoms with Gasteiger partial charge < -0.3 is 10.2 Å². The third-order valence-electron chi connectivity index (χ3n) is 6.99. The molecule has 0 aromatic heterocycles. The molecule has 0 heterocycles. The SMILES string of the molecule is CCCC.CCCC.CCCCCCCCCCCCCC(=O)O.CCCCCCCCCCCCCC(=O)O.[Sn]. The normalized spacial score (nSPS) is 9.71. The van der Waals surface area contributed by atoms with E-state index in [0.717, 1.165) is 25.7 Å². The smallest absolute Gasteiger partial charge is 0.303 e. The van der Waals surface area contributed by atoms with E-state index < -0.39 is 11.9 Å². The fourth-order valence-electron chi connectivity index (χ4n) is 3.88. The summed E-state index contributed by atoms with van der Waals surface area (Å²) >= 11 is 0. The zero-order valence-electron chi connectivity index (χ0n) is 29.0. The van der Waals surface area contributed by atoms with Gasteiger partial charge in [-0.15, -0.1) is 0 Å². The first-order valence-electron chi connectivity index (χ1n) is 17.8. The van der Waals surface area contributed by atoms with E-state index in [2.05, 4.69) is 41.5 Å². The predicted octanol–water partition coefficient (Wildman–Crippen LogP) is 12.8. The average Bonchev–Trinajstić information content (AvgIpc) is 2.95. The third kappa shape index (κ3) is 73.6. The molecule has 5 heteroatoms. The number of carboxylic acids is 2. The second-order valence-electron chi connectivity index (χ2n) is 11.4. The number of carbonyl (C=O) groups is 2. The number of unbranched alkanes of at least 4 members (excludes halogenated alkanes) is 22. The molecule has 0 aromatic rings. The molecule has 0 atom stereocenters. The van der Waals surface area contributed by atoms with Gasteiger partial charge in [0.15, 0.2) is 0 Å². The monoisotopic (exact) mass is 692 g/mol. The second kappa shape index (κ2) is 52.4. The zero-order chi connectivity index (χ0) is 31.0. The van der Waals surface area contributed by atoms with Gasteiger partial charge in [-0.1, -0.05) is 196 Å². The Morgan fingerprint density at radius 1 is 0.317 bits per heavy atom. The van der Waals surface area contributed by atoms with Crippen LogP contribution in [0.15, 0.2) is 0 Å². The molecular formula is C36H76O4Sn.